The Bertz CT molecular complexity index is 1300. The van der Waals surface area contributed by atoms with Crippen molar-refractivity contribution in [3.63, 3.8) is 0 Å². The van der Waals surface area contributed by atoms with Gasteiger partial charge in [-0.2, -0.15) is 13.2 Å². The first kappa shape index (κ1) is 29.2. The smallest absolute Gasteiger partial charge is 0.371 e. The predicted octanol–water partition coefficient (Wildman–Crippen LogP) is 8.85. The molecule has 0 bridgehead atoms. The molecule has 2 aromatic carbocycles. The monoisotopic (exact) mass is 574 g/mol. The summed E-state index contributed by atoms with van der Waals surface area (Å²) < 4.78 is 40.8. The molecule has 9 heteroatoms. The Labute approximate surface area is 239 Å². The van der Waals surface area contributed by atoms with E-state index in [9.17, 15) is 13.2 Å². The first-order valence-corrected chi connectivity index (χ1v) is 14.3. The van der Waals surface area contributed by atoms with Crippen molar-refractivity contribution in [2.75, 3.05) is 22.9 Å². The zero-order valence-electron chi connectivity index (χ0n) is 22.1. The summed E-state index contributed by atoms with van der Waals surface area (Å²) in [4.78, 5) is 12.4. The van der Waals surface area contributed by atoms with Gasteiger partial charge in [-0.3, -0.25) is 0 Å². The van der Waals surface area contributed by atoms with Crippen LogP contribution in [0.1, 0.15) is 66.8 Å². The van der Waals surface area contributed by atoms with Crippen molar-refractivity contribution in [3.8, 4) is 0 Å². The number of benzene rings is 2. The summed E-state index contributed by atoms with van der Waals surface area (Å²) in [7, 11) is 0. The van der Waals surface area contributed by atoms with Crippen molar-refractivity contribution >= 4 is 40.3 Å². The number of fused-ring (bicyclic) bond motifs is 1. The van der Waals surface area contributed by atoms with Crippen molar-refractivity contribution in [1.82, 2.24) is 4.98 Å². The average Bonchev–Trinajstić information content (AvgIpc) is 3.69. The van der Waals surface area contributed by atoms with Crippen LogP contribution in [0.5, 0.6) is 0 Å². The Morgan fingerprint density at radius 1 is 1.00 bits per heavy atom. The van der Waals surface area contributed by atoms with Gasteiger partial charge in [-0.25, -0.2) is 9.83 Å². The molecule has 4 nitrogen and oxygen atoms in total. The first-order valence-electron chi connectivity index (χ1n) is 13.5. The number of hydrogen-bond acceptors (Lipinski definition) is 4. The Morgan fingerprint density at radius 3 is 2.38 bits per heavy atom. The standard InChI is InChI=1S/C30H33F3N4S.ClH/c1-3-36(18-21-7-4-5-8-21)28-16-24-10-6-9-23(24)15-25(28)20-37(29-35-11-12-38-29)19-22-13-26(30(31,32)33)17-27(14-22)34-2;/h11-17,21H,3-10,18-20H2,1H3;1H. The molecule has 1 saturated carbocycles. The van der Waals surface area contributed by atoms with Gasteiger partial charge in [0.2, 0.25) is 0 Å². The lowest BCUT2D eigenvalue weighted by Gasteiger charge is -2.31. The molecule has 1 heterocycles. The Hall–Kier alpha value is -2.76. The van der Waals surface area contributed by atoms with Gasteiger partial charge in [0, 0.05) is 49.0 Å². The molecule has 3 aromatic rings. The van der Waals surface area contributed by atoms with E-state index in [0.717, 1.165) is 49.6 Å². The molecule has 5 rings (SSSR count). The van der Waals surface area contributed by atoms with E-state index in [1.165, 1.54) is 59.4 Å². The van der Waals surface area contributed by atoms with E-state index in [4.69, 9.17) is 6.57 Å². The largest absolute Gasteiger partial charge is 0.415 e. The maximum Gasteiger partial charge on any atom is 0.415 e. The number of alkyl halides is 3. The molecule has 0 amide bonds. The third kappa shape index (κ3) is 6.88. The predicted molar refractivity (Wildman–Crippen MR) is 155 cm³/mol. The minimum atomic E-state index is -4.50. The van der Waals surface area contributed by atoms with Gasteiger partial charge in [-0.1, -0.05) is 25.0 Å². The fraction of sp³-hybridized carbons (Fsp3) is 0.467. The maximum absolute atomic E-state index is 13.6. The van der Waals surface area contributed by atoms with Crippen LogP contribution in [0.3, 0.4) is 0 Å². The van der Waals surface area contributed by atoms with Crippen molar-refractivity contribution in [1.29, 1.82) is 0 Å². The van der Waals surface area contributed by atoms with Gasteiger partial charge in [-0.05, 0) is 85.4 Å². The highest BCUT2D eigenvalue weighted by Gasteiger charge is 2.31. The summed E-state index contributed by atoms with van der Waals surface area (Å²) in [5, 5.41) is 2.65. The quantitative estimate of drug-likeness (QED) is 0.238. The van der Waals surface area contributed by atoms with Crippen molar-refractivity contribution in [2.45, 2.75) is 71.1 Å². The molecule has 0 saturated heterocycles. The lowest BCUT2D eigenvalue weighted by molar-refractivity contribution is -0.137. The van der Waals surface area contributed by atoms with Crippen LogP contribution in [-0.4, -0.2) is 18.1 Å². The van der Waals surface area contributed by atoms with E-state index in [1.807, 2.05) is 5.38 Å². The van der Waals surface area contributed by atoms with E-state index >= 15 is 0 Å². The van der Waals surface area contributed by atoms with Crippen LogP contribution in [-0.2, 0) is 32.1 Å². The zero-order valence-corrected chi connectivity index (χ0v) is 23.8. The number of aromatic nitrogens is 1. The SMILES string of the molecule is Cl.[C-]#[N+]c1cc(CN(Cc2cc3c(cc2N(CC)CC2CCCC2)CCC3)c2nccs2)cc(C(F)(F)F)c1. The summed E-state index contributed by atoms with van der Waals surface area (Å²) >= 11 is 1.48. The van der Waals surface area contributed by atoms with E-state index in [-0.39, 0.29) is 24.6 Å². The van der Waals surface area contributed by atoms with Crippen LogP contribution in [0.4, 0.5) is 29.7 Å². The molecule has 0 unspecified atom stereocenters. The second-order valence-electron chi connectivity index (χ2n) is 10.5. The number of rotatable bonds is 9. The van der Waals surface area contributed by atoms with Gasteiger partial charge in [0.05, 0.1) is 6.57 Å². The molecule has 0 aliphatic heterocycles. The second kappa shape index (κ2) is 12.6. The molecule has 208 valence electrons. The normalized spacial score (nSPS) is 15.1. The van der Waals surface area contributed by atoms with Gasteiger partial charge >= 0.3 is 6.18 Å². The van der Waals surface area contributed by atoms with Crippen molar-refractivity contribution < 1.29 is 13.2 Å². The Kier molecular flexibility index (Phi) is 9.45. The molecule has 2 aliphatic carbocycles. The second-order valence-corrected chi connectivity index (χ2v) is 11.3. The molecule has 1 fully saturated rings. The van der Waals surface area contributed by atoms with E-state index in [2.05, 4.69) is 38.7 Å². The number of hydrogen-bond donors (Lipinski definition) is 0. The Balaban J connectivity index is 0.00000353. The fourth-order valence-electron chi connectivity index (χ4n) is 5.97. The van der Waals surface area contributed by atoms with Gasteiger partial charge in [0.1, 0.15) is 0 Å². The van der Waals surface area contributed by atoms with Gasteiger partial charge in [0.15, 0.2) is 10.8 Å². The number of aryl methyl sites for hydroxylation is 2. The summed E-state index contributed by atoms with van der Waals surface area (Å²) in [6.07, 6.45) is 5.72. The molecule has 2 aliphatic rings. The lowest BCUT2D eigenvalue weighted by atomic mass is 10.0. The molecule has 0 N–H and O–H groups in total. The fourth-order valence-corrected chi connectivity index (χ4v) is 6.61. The molecule has 1 aromatic heterocycles. The third-order valence-electron chi connectivity index (χ3n) is 7.83. The van der Waals surface area contributed by atoms with Crippen LogP contribution in [0.2, 0.25) is 0 Å². The molecule has 39 heavy (non-hydrogen) atoms. The molecular weight excluding hydrogens is 541 g/mol. The van der Waals surface area contributed by atoms with E-state index in [0.29, 0.717) is 18.0 Å². The highest BCUT2D eigenvalue weighted by molar-refractivity contribution is 7.13. The highest BCUT2D eigenvalue weighted by Crippen LogP contribution is 2.37. The van der Waals surface area contributed by atoms with Gasteiger partial charge in [0.25, 0.3) is 0 Å². The van der Waals surface area contributed by atoms with Crippen molar-refractivity contribution in [2.24, 2.45) is 5.92 Å². The van der Waals surface area contributed by atoms with E-state index in [1.54, 1.807) is 12.3 Å². The van der Waals surface area contributed by atoms with Gasteiger partial charge < -0.3 is 9.80 Å². The lowest BCUT2D eigenvalue weighted by Crippen LogP contribution is -2.31. The Morgan fingerprint density at radius 2 is 1.74 bits per heavy atom. The number of anilines is 2. The highest BCUT2D eigenvalue weighted by atomic mass is 35.5. The van der Waals surface area contributed by atoms with Crippen LogP contribution in [0.15, 0.2) is 41.9 Å². The summed E-state index contributed by atoms with van der Waals surface area (Å²) in [5.74, 6) is 0.711. The minimum absolute atomic E-state index is 0. The molecule has 0 radical (unpaired) electrons. The van der Waals surface area contributed by atoms with Crippen LogP contribution < -0.4 is 9.80 Å². The first-order chi connectivity index (χ1) is 18.3. The summed E-state index contributed by atoms with van der Waals surface area (Å²) in [6, 6.07) is 8.34. The number of halogens is 4. The topological polar surface area (TPSA) is 23.7 Å². The minimum Gasteiger partial charge on any atom is -0.371 e. The zero-order chi connectivity index (χ0) is 26.7. The number of thiazole rings is 1. The number of nitrogens with zero attached hydrogens (tertiary/aromatic N) is 4. The maximum atomic E-state index is 13.6. The van der Waals surface area contributed by atoms with Crippen LogP contribution in [0.25, 0.3) is 4.85 Å². The summed E-state index contributed by atoms with van der Waals surface area (Å²) in [5.41, 5.74) is 4.92. The van der Waals surface area contributed by atoms with Gasteiger partial charge in [-0.15, -0.1) is 23.7 Å². The van der Waals surface area contributed by atoms with Crippen LogP contribution >= 0.6 is 23.7 Å². The van der Waals surface area contributed by atoms with Crippen LogP contribution in [0, 0.1) is 12.5 Å². The molecular formula is C30H34ClF3N4S. The molecule has 0 spiro atoms. The molecule has 0 atom stereocenters. The summed E-state index contributed by atoms with van der Waals surface area (Å²) in [6.45, 7) is 12.3. The van der Waals surface area contributed by atoms with E-state index < -0.39 is 11.7 Å². The van der Waals surface area contributed by atoms with Crippen molar-refractivity contribution in [3.05, 3.63) is 81.1 Å². The third-order valence-corrected chi connectivity index (χ3v) is 8.66. The average molecular weight is 575 g/mol.